The average Bonchev–Trinajstić information content (AvgIpc) is 2.93. The van der Waals surface area contributed by atoms with Gasteiger partial charge in [0.15, 0.2) is 0 Å². The molecule has 4 nitrogen and oxygen atoms in total. The van der Waals surface area contributed by atoms with Gasteiger partial charge < -0.3 is 15.4 Å². The Kier molecular flexibility index (Phi) is 3.30. The highest BCUT2D eigenvalue weighted by molar-refractivity contribution is 7.16. The van der Waals surface area contributed by atoms with E-state index < -0.39 is 0 Å². The van der Waals surface area contributed by atoms with Crippen LogP contribution in [0.2, 0.25) is 0 Å². The highest BCUT2D eigenvalue weighted by Gasteiger charge is 2.31. The number of fused-ring (bicyclic) bond motifs is 3. The van der Waals surface area contributed by atoms with Gasteiger partial charge in [0, 0.05) is 4.88 Å². The van der Waals surface area contributed by atoms with Gasteiger partial charge in [0.05, 0.1) is 12.7 Å². The molecule has 2 heterocycles. The van der Waals surface area contributed by atoms with Crippen molar-refractivity contribution in [3.8, 4) is 5.75 Å². The number of rotatable bonds is 2. The molecule has 1 amide bonds. The SMILES string of the molecule is COc1ccc(C2NC(=O)c3c(sc4c3CCCC4)N2)cc1. The molecule has 0 spiro atoms. The molecule has 1 aliphatic heterocycles. The molecule has 1 unspecified atom stereocenters. The van der Waals surface area contributed by atoms with Crippen LogP contribution in [0, 0.1) is 0 Å². The average molecular weight is 314 g/mol. The lowest BCUT2D eigenvalue weighted by Gasteiger charge is -2.26. The Hall–Kier alpha value is -2.01. The van der Waals surface area contributed by atoms with Crippen LogP contribution in [0.15, 0.2) is 24.3 Å². The third-order valence-corrected chi connectivity index (χ3v) is 5.62. The van der Waals surface area contributed by atoms with Gasteiger partial charge >= 0.3 is 0 Å². The van der Waals surface area contributed by atoms with Crippen LogP contribution in [0.1, 0.15) is 45.4 Å². The van der Waals surface area contributed by atoms with Crippen LogP contribution < -0.4 is 15.4 Å². The van der Waals surface area contributed by atoms with Crippen molar-refractivity contribution in [2.24, 2.45) is 0 Å². The van der Waals surface area contributed by atoms with Crippen LogP contribution in [-0.4, -0.2) is 13.0 Å². The quantitative estimate of drug-likeness (QED) is 0.892. The van der Waals surface area contributed by atoms with E-state index in [1.807, 2.05) is 24.3 Å². The Morgan fingerprint density at radius 2 is 1.91 bits per heavy atom. The number of hydrogen-bond donors (Lipinski definition) is 2. The van der Waals surface area contributed by atoms with Gasteiger partial charge in [0.1, 0.15) is 16.9 Å². The first-order valence-electron chi connectivity index (χ1n) is 7.62. The van der Waals surface area contributed by atoms with Gasteiger partial charge in [0.2, 0.25) is 0 Å². The van der Waals surface area contributed by atoms with Gasteiger partial charge in [-0.2, -0.15) is 0 Å². The van der Waals surface area contributed by atoms with E-state index in [1.165, 1.54) is 23.3 Å². The molecule has 0 fully saturated rings. The third kappa shape index (κ3) is 2.16. The normalized spacial score (nSPS) is 19.7. The number of nitrogens with one attached hydrogen (secondary N) is 2. The molecule has 5 heteroatoms. The lowest BCUT2D eigenvalue weighted by Crippen LogP contribution is -2.38. The second kappa shape index (κ2) is 5.32. The minimum absolute atomic E-state index is 0.0500. The largest absolute Gasteiger partial charge is 0.497 e. The maximum atomic E-state index is 12.6. The molecule has 2 aliphatic rings. The Bertz CT molecular complexity index is 721. The first-order chi connectivity index (χ1) is 10.8. The lowest BCUT2D eigenvalue weighted by atomic mass is 9.94. The van der Waals surface area contributed by atoms with E-state index in [2.05, 4.69) is 10.6 Å². The molecule has 0 saturated carbocycles. The van der Waals surface area contributed by atoms with Gasteiger partial charge in [-0.15, -0.1) is 11.3 Å². The predicted molar refractivity (Wildman–Crippen MR) is 87.8 cm³/mol. The summed E-state index contributed by atoms with van der Waals surface area (Å²) in [5.41, 5.74) is 3.18. The minimum Gasteiger partial charge on any atom is -0.497 e. The zero-order valence-corrected chi connectivity index (χ0v) is 13.3. The molecule has 1 aromatic heterocycles. The summed E-state index contributed by atoms with van der Waals surface area (Å²) in [5.74, 6) is 0.868. The van der Waals surface area contributed by atoms with Crippen LogP contribution in [0.4, 0.5) is 5.00 Å². The van der Waals surface area contributed by atoms with Crippen molar-refractivity contribution in [3.63, 3.8) is 0 Å². The van der Waals surface area contributed by atoms with E-state index in [1.54, 1.807) is 18.4 Å². The number of thiophene rings is 1. The summed E-state index contributed by atoms with van der Waals surface area (Å²) in [5, 5.41) is 7.59. The Morgan fingerprint density at radius 1 is 1.14 bits per heavy atom. The van der Waals surface area contributed by atoms with Crippen molar-refractivity contribution in [2.75, 3.05) is 12.4 Å². The molecule has 1 aliphatic carbocycles. The number of ether oxygens (including phenoxy) is 1. The summed E-state index contributed by atoms with van der Waals surface area (Å²) in [6.07, 6.45) is 4.38. The van der Waals surface area contributed by atoms with E-state index in [0.717, 1.165) is 34.7 Å². The number of amides is 1. The molecule has 0 radical (unpaired) electrons. The lowest BCUT2D eigenvalue weighted by molar-refractivity contribution is 0.0935. The number of benzene rings is 1. The first-order valence-corrected chi connectivity index (χ1v) is 8.44. The van der Waals surface area contributed by atoms with Crippen molar-refractivity contribution in [1.82, 2.24) is 5.32 Å². The van der Waals surface area contributed by atoms with E-state index in [-0.39, 0.29) is 12.1 Å². The first kappa shape index (κ1) is 13.6. The summed E-state index contributed by atoms with van der Waals surface area (Å²) in [6, 6.07) is 7.79. The molecule has 2 aromatic rings. The fourth-order valence-electron chi connectivity index (χ4n) is 3.24. The predicted octanol–water partition coefficient (Wildman–Crippen LogP) is 3.49. The van der Waals surface area contributed by atoms with E-state index in [9.17, 15) is 4.79 Å². The summed E-state index contributed by atoms with van der Waals surface area (Å²) in [6.45, 7) is 0. The Labute approximate surface area is 133 Å². The molecular weight excluding hydrogens is 296 g/mol. The smallest absolute Gasteiger partial charge is 0.256 e. The number of aryl methyl sites for hydroxylation is 1. The van der Waals surface area contributed by atoms with Gasteiger partial charge in [-0.3, -0.25) is 4.79 Å². The van der Waals surface area contributed by atoms with Crippen LogP contribution in [0.3, 0.4) is 0 Å². The molecule has 22 heavy (non-hydrogen) atoms. The zero-order valence-electron chi connectivity index (χ0n) is 12.4. The van der Waals surface area contributed by atoms with E-state index >= 15 is 0 Å². The number of anilines is 1. The molecule has 114 valence electrons. The highest BCUT2D eigenvalue weighted by Crippen LogP contribution is 2.41. The van der Waals surface area contributed by atoms with Crippen LogP contribution in [0.5, 0.6) is 5.75 Å². The summed E-state index contributed by atoms with van der Waals surface area (Å²) in [7, 11) is 1.65. The second-order valence-electron chi connectivity index (χ2n) is 5.74. The standard InChI is InChI=1S/C17H18N2O2S/c1-21-11-8-6-10(7-9-11)15-18-16(20)14-12-4-2-3-5-13(12)22-17(14)19-15/h6-9,15,19H,2-5H2,1H3,(H,18,20). The number of carbonyl (C=O) groups excluding carboxylic acids is 1. The maximum absolute atomic E-state index is 12.6. The van der Waals surface area contributed by atoms with Gasteiger partial charge in [-0.25, -0.2) is 0 Å². The van der Waals surface area contributed by atoms with Crippen molar-refractivity contribution >= 4 is 22.2 Å². The molecule has 1 aromatic carbocycles. The van der Waals surface area contributed by atoms with Gasteiger partial charge in [-0.05, 0) is 48.9 Å². The summed E-state index contributed by atoms with van der Waals surface area (Å²) < 4.78 is 5.18. The van der Waals surface area contributed by atoms with Crippen LogP contribution in [0.25, 0.3) is 0 Å². The van der Waals surface area contributed by atoms with Crippen molar-refractivity contribution in [1.29, 1.82) is 0 Å². The molecule has 4 rings (SSSR count). The molecule has 0 bridgehead atoms. The summed E-state index contributed by atoms with van der Waals surface area (Å²) >= 11 is 1.75. The second-order valence-corrected chi connectivity index (χ2v) is 6.84. The molecule has 2 N–H and O–H groups in total. The van der Waals surface area contributed by atoms with Gasteiger partial charge in [-0.1, -0.05) is 12.1 Å². The van der Waals surface area contributed by atoms with Crippen LogP contribution in [-0.2, 0) is 12.8 Å². The minimum atomic E-state index is -0.175. The van der Waals surface area contributed by atoms with E-state index in [4.69, 9.17) is 4.74 Å². The molecule has 1 atom stereocenters. The van der Waals surface area contributed by atoms with Gasteiger partial charge in [0.25, 0.3) is 5.91 Å². The van der Waals surface area contributed by atoms with E-state index in [0.29, 0.717) is 0 Å². The fraction of sp³-hybridized carbons (Fsp3) is 0.353. The number of carbonyl (C=O) groups is 1. The monoisotopic (exact) mass is 314 g/mol. The Balaban J connectivity index is 1.66. The fourth-order valence-corrected chi connectivity index (χ4v) is 4.56. The van der Waals surface area contributed by atoms with Crippen LogP contribution >= 0.6 is 11.3 Å². The van der Waals surface area contributed by atoms with Crippen molar-refractivity contribution in [3.05, 3.63) is 45.8 Å². The highest BCUT2D eigenvalue weighted by atomic mass is 32.1. The zero-order chi connectivity index (χ0) is 15.1. The van der Waals surface area contributed by atoms with Crippen molar-refractivity contribution < 1.29 is 9.53 Å². The maximum Gasteiger partial charge on any atom is 0.256 e. The Morgan fingerprint density at radius 3 is 2.68 bits per heavy atom. The molecule has 0 saturated heterocycles. The summed E-state index contributed by atoms with van der Waals surface area (Å²) in [4.78, 5) is 13.9. The topological polar surface area (TPSA) is 50.4 Å². The molecular formula is C17H18N2O2S. The number of hydrogen-bond acceptors (Lipinski definition) is 4. The van der Waals surface area contributed by atoms with Crippen molar-refractivity contribution in [2.45, 2.75) is 31.8 Å². The third-order valence-electron chi connectivity index (χ3n) is 4.40. The number of methoxy groups -OCH3 is 1.